The summed E-state index contributed by atoms with van der Waals surface area (Å²) < 4.78 is 7.69. The van der Waals surface area contributed by atoms with Crippen LogP contribution in [0.1, 0.15) is 26.2 Å². The van der Waals surface area contributed by atoms with Crippen LogP contribution < -0.4 is 4.72 Å². The van der Waals surface area contributed by atoms with Crippen molar-refractivity contribution >= 4 is 28.5 Å². The van der Waals surface area contributed by atoms with E-state index in [2.05, 4.69) is 23.3 Å². The standard InChI is InChI=1S/C7H15NO2S2/c1-2-3-5-10-6-4-7(9)8-12-11/h11H,2-6H2,1H3,(H,8,9). The first-order valence-electron chi connectivity index (χ1n) is 3.98. The smallest absolute Gasteiger partial charge is 0.232 e. The number of carbonyl (C=O) groups is 1. The molecule has 1 N–H and O–H groups in total. The van der Waals surface area contributed by atoms with Crippen LogP contribution in [0.15, 0.2) is 0 Å². The molecule has 0 rings (SSSR count). The van der Waals surface area contributed by atoms with Gasteiger partial charge in [-0.3, -0.25) is 9.52 Å². The molecule has 1 amide bonds. The molecule has 0 aliphatic carbocycles. The first-order valence-corrected chi connectivity index (χ1v) is 5.85. The van der Waals surface area contributed by atoms with Crippen molar-refractivity contribution < 1.29 is 9.53 Å². The van der Waals surface area contributed by atoms with Gasteiger partial charge in [-0.2, -0.15) is 0 Å². The highest BCUT2D eigenvalue weighted by Crippen LogP contribution is 1.98. The average molecular weight is 209 g/mol. The van der Waals surface area contributed by atoms with E-state index in [4.69, 9.17) is 4.74 Å². The molecule has 0 saturated heterocycles. The van der Waals surface area contributed by atoms with Gasteiger partial charge in [-0.05, 0) is 6.42 Å². The Morgan fingerprint density at radius 2 is 2.33 bits per heavy atom. The van der Waals surface area contributed by atoms with Gasteiger partial charge in [0, 0.05) is 17.6 Å². The maximum Gasteiger partial charge on any atom is 0.232 e. The van der Waals surface area contributed by atoms with Crippen LogP contribution in [0, 0.1) is 0 Å². The second-order valence-electron chi connectivity index (χ2n) is 2.33. The van der Waals surface area contributed by atoms with Crippen molar-refractivity contribution in [3.05, 3.63) is 0 Å². The van der Waals surface area contributed by atoms with E-state index in [9.17, 15) is 4.79 Å². The Balaban J connectivity index is 3.03. The molecule has 0 radical (unpaired) electrons. The van der Waals surface area contributed by atoms with Crippen molar-refractivity contribution in [2.45, 2.75) is 26.2 Å². The first kappa shape index (κ1) is 12.1. The van der Waals surface area contributed by atoms with Crippen LogP contribution >= 0.6 is 22.6 Å². The molecule has 3 nitrogen and oxygen atoms in total. The fraction of sp³-hybridized carbons (Fsp3) is 0.857. The summed E-state index contributed by atoms with van der Waals surface area (Å²) in [5, 5.41) is 0. The van der Waals surface area contributed by atoms with Gasteiger partial charge in [0.15, 0.2) is 0 Å². The Hall–Kier alpha value is 0.130. The third kappa shape index (κ3) is 8.23. The average Bonchev–Trinajstić information content (AvgIpc) is 2.05. The molecule has 0 heterocycles. The number of thiol groups is 1. The molecule has 0 aromatic heterocycles. The number of amides is 1. The predicted molar refractivity (Wildman–Crippen MR) is 55.1 cm³/mol. The van der Waals surface area contributed by atoms with Crippen LogP contribution in [-0.4, -0.2) is 19.1 Å². The molecule has 72 valence electrons. The van der Waals surface area contributed by atoms with Crippen molar-refractivity contribution in [3.63, 3.8) is 0 Å². The van der Waals surface area contributed by atoms with Gasteiger partial charge in [0.2, 0.25) is 5.91 Å². The lowest BCUT2D eigenvalue weighted by Crippen LogP contribution is -2.16. The molecule has 12 heavy (non-hydrogen) atoms. The Morgan fingerprint density at radius 3 is 2.92 bits per heavy atom. The second kappa shape index (κ2) is 9.22. The number of rotatable bonds is 7. The van der Waals surface area contributed by atoms with Crippen LogP contribution in [0.5, 0.6) is 0 Å². The largest absolute Gasteiger partial charge is 0.381 e. The summed E-state index contributed by atoms with van der Waals surface area (Å²) in [4.78, 5) is 10.8. The Bertz CT molecular complexity index is 122. The summed E-state index contributed by atoms with van der Waals surface area (Å²) in [5.41, 5.74) is 0. The fourth-order valence-electron chi connectivity index (χ4n) is 0.615. The molecule has 0 aliphatic heterocycles. The van der Waals surface area contributed by atoms with E-state index in [1.54, 1.807) is 0 Å². The normalized spacial score (nSPS) is 9.83. The van der Waals surface area contributed by atoms with Crippen LogP contribution in [0.25, 0.3) is 0 Å². The van der Waals surface area contributed by atoms with Gasteiger partial charge in [-0.15, -0.1) is 0 Å². The zero-order chi connectivity index (χ0) is 9.23. The highest BCUT2D eigenvalue weighted by molar-refractivity contribution is 8.68. The van der Waals surface area contributed by atoms with Crippen molar-refractivity contribution in [2.75, 3.05) is 13.2 Å². The third-order valence-electron chi connectivity index (χ3n) is 1.28. The van der Waals surface area contributed by atoms with Crippen LogP contribution in [0.3, 0.4) is 0 Å². The SMILES string of the molecule is CCCCOCCC(=O)NSS. The lowest BCUT2D eigenvalue weighted by molar-refractivity contribution is -0.120. The molecule has 0 unspecified atom stereocenters. The Kier molecular flexibility index (Phi) is 9.32. The van der Waals surface area contributed by atoms with Gasteiger partial charge in [0.05, 0.1) is 13.0 Å². The molecule has 0 saturated carbocycles. The van der Waals surface area contributed by atoms with E-state index in [1.165, 1.54) is 0 Å². The second-order valence-corrected chi connectivity index (χ2v) is 3.27. The monoisotopic (exact) mass is 209 g/mol. The topological polar surface area (TPSA) is 38.3 Å². The molecule has 0 aliphatic rings. The van der Waals surface area contributed by atoms with Gasteiger partial charge in [-0.25, -0.2) is 0 Å². The summed E-state index contributed by atoms with van der Waals surface area (Å²) in [6.07, 6.45) is 2.60. The molecule has 0 bridgehead atoms. The van der Waals surface area contributed by atoms with E-state index in [0.29, 0.717) is 13.0 Å². The van der Waals surface area contributed by atoms with Crippen molar-refractivity contribution in [2.24, 2.45) is 0 Å². The Morgan fingerprint density at radius 1 is 1.58 bits per heavy atom. The summed E-state index contributed by atoms with van der Waals surface area (Å²) in [6, 6.07) is 0. The van der Waals surface area contributed by atoms with E-state index >= 15 is 0 Å². The van der Waals surface area contributed by atoms with Crippen molar-refractivity contribution in [3.8, 4) is 0 Å². The van der Waals surface area contributed by atoms with Crippen molar-refractivity contribution in [1.82, 2.24) is 4.72 Å². The number of hydrogen-bond acceptors (Lipinski definition) is 4. The molecule has 0 atom stereocenters. The summed E-state index contributed by atoms with van der Waals surface area (Å²) in [6.45, 7) is 3.35. The van der Waals surface area contributed by atoms with Crippen LogP contribution in [0.4, 0.5) is 0 Å². The van der Waals surface area contributed by atoms with Crippen LogP contribution in [0.2, 0.25) is 0 Å². The number of hydrogen-bond donors (Lipinski definition) is 2. The molecular formula is C7H15NO2S2. The quantitative estimate of drug-likeness (QED) is 0.291. The lowest BCUT2D eigenvalue weighted by atomic mass is 10.4. The molecule has 0 spiro atoms. The minimum absolute atomic E-state index is 0.0356. The van der Waals surface area contributed by atoms with E-state index in [-0.39, 0.29) is 5.91 Å². The van der Waals surface area contributed by atoms with Crippen LogP contribution in [-0.2, 0) is 9.53 Å². The molecule has 5 heteroatoms. The fourth-order valence-corrected chi connectivity index (χ4v) is 1.12. The van der Waals surface area contributed by atoms with E-state index in [0.717, 1.165) is 30.4 Å². The molecular weight excluding hydrogens is 194 g/mol. The summed E-state index contributed by atoms with van der Waals surface area (Å²) >= 11 is 3.78. The van der Waals surface area contributed by atoms with E-state index in [1.807, 2.05) is 0 Å². The minimum atomic E-state index is -0.0356. The number of nitrogens with one attached hydrogen (secondary N) is 1. The highest BCUT2D eigenvalue weighted by atomic mass is 33.1. The van der Waals surface area contributed by atoms with Gasteiger partial charge in [0.25, 0.3) is 0 Å². The number of carbonyl (C=O) groups excluding carboxylic acids is 1. The predicted octanol–water partition coefficient (Wildman–Crippen LogP) is 1.80. The lowest BCUT2D eigenvalue weighted by Gasteiger charge is -2.02. The number of unbranched alkanes of at least 4 members (excludes halogenated alkanes) is 1. The maximum atomic E-state index is 10.8. The summed E-state index contributed by atoms with van der Waals surface area (Å²) in [5.74, 6) is -0.0356. The minimum Gasteiger partial charge on any atom is -0.381 e. The number of ether oxygens (including phenoxy) is 1. The molecule has 0 fully saturated rings. The summed E-state index contributed by atoms with van der Waals surface area (Å²) in [7, 11) is 1.02. The van der Waals surface area contributed by atoms with Gasteiger partial charge < -0.3 is 4.74 Å². The highest BCUT2D eigenvalue weighted by Gasteiger charge is 1.98. The molecule has 0 aromatic rings. The van der Waals surface area contributed by atoms with Gasteiger partial charge >= 0.3 is 0 Å². The first-order chi connectivity index (χ1) is 5.81. The van der Waals surface area contributed by atoms with Gasteiger partial charge in [0.1, 0.15) is 0 Å². The van der Waals surface area contributed by atoms with E-state index < -0.39 is 0 Å². The Labute approximate surface area is 82.6 Å². The zero-order valence-corrected chi connectivity index (χ0v) is 8.92. The third-order valence-corrected chi connectivity index (χ3v) is 1.87. The van der Waals surface area contributed by atoms with Gasteiger partial charge in [-0.1, -0.05) is 25.0 Å². The van der Waals surface area contributed by atoms with Crippen molar-refractivity contribution in [1.29, 1.82) is 0 Å². The zero-order valence-electron chi connectivity index (χ0n) is 7.21. The maximum absolute atomic E-state index is 10.8. The molecule has 0 aromatic carbocycles.